The van der Waals surface area contributed by atoms with Gasteiger partial charge in [-0.3, -0.25) is 4.98 Å². The van der Waals surface area contributed by atoms with Gasteiger partial charge in [-0.1, -0.05) is 23.9 Å². The maximum absolute atomic E-state index is 13.2. The van der Waals surface area contributed by atoms with E-state index >= 15 is 0 Å². The van der Waals surface area contributed by atoms with Gasteiger partial charge < -0.3 is 15.7 Å². The Bertz CT molecular complexity index is 919. The van der Waals surface area contributed by atoms with Gasteiger partial charge in [-0.05, 0) is 43.9 Å². The largest absolute Gasteiger partial charge is 0.478 e. The number of benzene rings is 1. The van der Waals surface area contributed by atoms with Crippen molar-refractivity contribution in [2.45, 2.75) is 26.6 Å². The molecule has 1 atom stereocenters. The Hall–Kier alpha value is -2.65. The first-order valence-corrected chi connectivity index (χ1v) is 9.92. The average molecular weight is 403 g/mol. The molecule has 1 aliphatic heterocycles. The van der Waals surface area contributed by atoms with Gasteiger partial charge in [-0.15, -0.1) is 5.10 Å². The number of thioether (sulfide) groups is 1. The number of aromatic nitrogens is 1. The number of aryl methyl sites for hydroxylation is 2. The molecule has 3 N–H and O–H groups in total. The molecule has 1 aromatic carbocycles. The van der Waals surface area contributed by atoms with Gasteiger partial charge in [0.05, 0.1) is 16.9 Å². The lowest BCUT2D eigenvalue weighted by Crippen LogP contribution is -2.46. The van der Waals surface area contributed by atoms with E-state index in [1.54, 1.807) is 31.0 Å². The first kappa shape index (κ1) is 20.1. The predicted octanol–water partition coefficient (Wildman–Crippen LogP) is 2.78. The summed E-state index contributed by atoms with van der Waals surface area (Å²) in [5, 5.41) is 16.7. The van der Waals surface area contributed by atoms with Gasteiger partial charge >= 0.3 is 5.97 Å². The molecule has 1 unspecified atom stereocenters. The molecular formula is C19H22FN5O2S. The van der Waals surface area contributed by atoms with E-state index in [0.29, 0.717) is 28.8 Å². The van der Waals surface area contributed by atoms with Gasteiger partial charge in [-0.2, -0.15) is 0 Å². The third-order valence-corrected chi connectivity index (χ3v) is 5.18. The zero-order valence-electron chi connectivity index (χ0n) is 15.9. The number of rotatable bonds is 5. The number of hydrazone groups is 1. The Balaban J connectivity index is 2.03. The van der Waals surface area contributed by atoms with Gasteiger partial charge in [0.15, 0.2) is 5.17 Å². The SMILES string of the molecule is CSC1=NN(c2c(C(=O)O)cc(C)nc2C)C(CN)N1Cc1ccc(F)cc1. The Labute approximate surface area is 167 Å². The molecule has 28 heavy (non-hydrogen) atoms. The molecule has 0 saturated carbocycles. The smallest absolute Gasteiger partial charge is 0.338 e. The van der Waals surface area contributed by atoms with Crippen molar-refractivity contribution in [3.8, 4) is 0 Å². The summed E-state index contributed by atoms with van der Waals surface area (Å²) >= 11 is 1.44. The zero-order chi connectivity index (χ0) is 20.4. The maximum atomic E-state index is 13.2. The number of hydrogen-bond acceptors (Lipinski definition) is 7. The van der Waals surface area contributed by atoms with Crippen LogP contribution in [0.3, 0.4) is 0 Å². The van der Waals surface area contributed by atoms with Crippen LogP contribution >= 0.6 is 11.8 Å². The van der Waals surface area contributed by atoms with Crippen LogP contribution in [0.1, 0.15) is 27.3 Å². The van der Waals surface area contributed by atoms with E-state index in [1.165, 1.54) is 30.0 Å². The van der Waals surface area contributed by atoms with Crippen LogP contribution in [0, 0.1) is 19.7 Å². The first-order valence-electron chi connectivity index (χ1n) is 8.70. The van der Waals surface area contributed by atoms with E-state index in [9.17, 15) is 14.3 Å². The van der Waals surface area contributed by atoms with Crippen molar-refractivity contribution in [2.75, 3.05) is 17.8 Å². The van der Waals surface area contributed by atoms with E-state index in [0.717, 1.165) is 5.56 Å². The predicted molar refractivity (Wildman–Crippen MR) is 109 cm³/mol. The fourth-order valence-electron chi connectivity index (χ4n) is 3.29. The highest BCUT2D eigenvalue weighted by Crippen LogP contribution is 2.33. The summed E-state index contributed by atoms with van der Waals surface area (Å²) in [6, 6.07) is 7.78. The maximum Gasteiger partial charge on any atom is 0.338 e. The average Bonchev–Trinajstić information content (AvgIpc) is 2.99. The number of nitrogens with two attached hydrogens (primary N) is 1. The molecule has 1 aromatic heterocycles. The number of halogens is 1. The molecule has 0 radical (unpaired) electrons. The second-order valence-corrected chi connectivity index (χ2v) is 7.23. The summed E-state index contributed by atoms with van der Waals surface area (Å²) in [6.07, 6.45) is 1.51. The van der Waals surface area contributed by atoms with Crippen molar-refractivity contribution in [1.29, 1.82) is 0 Å². The second-order valence-electron chi connectivity index (χ2n) is 6.45. The van der Waals surface area contributed by atoms with E-state index in [-0.39, 0.29) is 24.1 Å². The number of anilines is 1. The minimum Gasteiger partial charge on any atom is -0.478 e. The minimum atomic E-state index is -1.04. The van der Waals surface area contributed by atoms with Gasteiger partial charge in [0, 0.05) is 18.8 Å². The van der Waals surface area contributed by atoms with E-state index in [4.69, 9.17) is 5.73 Å². The lowest BCUT2D eigenvalue weighted by atomic mass is 10.1. The number of aromatic carboxylic acids is 1. The van der Waals surface area contributed by atoms with Crippen LogP contribution in [0.25, 0.3) is 0 Å². The van der Waals surface area contributed by atoms with E-state index in [1.807, 2.05) is 11.2 Å². The summed E-state index contributed by atoms with van der Waals surface area (Å²) in [7, 11) is 0. The Morgan fingerprint density at radius 3 is 2.57 bits per heavy atom. The summed E-state index contributed by atoms with van der Waals surface area (Å²) in [5.41, 5.74) is 8.73. The molecule has 7 nitrogen and oxygen atoms in total. The minimum absolute atomic E-state index is 0.135. The van der Waals surface area contributed by atoms with Crippen LogP contribution in [-0.4, -0.2) is 45.1 Å². The standard InChI is InChI=1S/C19H22FN5O2S/c1-11-8-15(18(26)27)17(12(2)22-11)25-16(9-21)24(19(23-25)28-3)10-13-4-6-14(20)7-5-13/h4-8,16H,9-10,21H2,1-3H3,(H,26,27). The molecule has 1 aliphatic rings. The highest BCUT2D eigenvalue weighted by Gasteiger charge is 2.36. The van der Waals surface area contributed by atoms with E-state index < -0.39 is 5.97 Å². The molecule has 0 amide bonds. The van der Waals surface area contributed by atoms with Gasteiger partial charge in [0.1, 0.15) is 12.0 Å². The first-order chi connectivity index (χ1) is 13.3. The number of amidine groups is 1. The topological polar surface area (TPSA) is 95.0 Å². The van der Waals surface area contributed by atoms with Crippen LogP contribution in [-0.2, 0) is 6.54 Å². The molecule has 2 heterocycles. The molecule has 0 fully saturated rings. The molecule has 2 aromatic rings. The van der Waals surface area contributed by atoms with Crippen LogP contribution in [0.4, 0.5) is 10.1 Å². The third kappa shape index (κ3) is 3.81. The van der Waals surface area contributed by atoms with Gasteiger partial charge in [0.2, 0.25) is 0 Å². The molecule has 0 bridgehead atoms. The molecular weight excluding hydrogens is 381 g/mol. The Morgan fingerprint density at radius 2 is 2.00 bits per heavy atom. The molecule has 9 heteroatoms. The van der Waals surface area contributed by atoms with Gasteiger partial charge in [-0.25, -0.2) is 14.2 Å². The van der Waals surface area contributed by atoms with Gasteiger partial charge in [0.25, 0.3) is 0 Å². The normalized spacial score (nSPS) is 16.5. The Kier molecular flexibility index (Phi) is 5.85. The number of carboxylic acids is 1. The van der Waals surface area contributed by atoms with Crippen LogP contribution in [0.5, 0.6) is 0 Å². The number of pyridine rings is 1. The number of nitrogens with zero attached hydrogens (tertiary/aromatic N) is 4. The quantitative estimate of drug-likeness (QED) is 0.793. The van der Waals surface area contributed by atoms with Crippen LogP contribution in [0.2, 0.25) is 0 Å². The zero-order valence-corrected chi connectivity index (χ0v) is 16.7. The van der Waals surface area contributed by atoms with Crippen molar-refractivity contribution in [1.82, 2.24) is 9.88 Å². The van der Waals surface area contributed by atoms with Crippen molar-refractivity contribution in [3.05, 3.63) is 58.7 Å². The lowest BCUT2D eigenvalue weighted by molar-refractivity contribution is 0.0697. The van der Waals surface area contributed by atoms with Crippen molar-refractivity contribution in [2.24, 2.45) is 10.8 Å². The number of hydrogen-bond donors (Lipinski definition) is 2. The second kappa shape index (κ2) is 8.15. The summed E-state index contributed by atoms with van der Waals surface area (Å²) in [4.78, 5) is 18.3. The van der Waals surface area contributed by atoms with E-state index in [2.05, 4.69) is 10.1 Å². The Morgan fingerprint density at radius 1 is 1.32 bits per heavy atom. The van der Waals surface area contributed by atoms with Crippen LogP contribution in [0.15, 0.2) is 35.4 Å². The molecule has 148 valence electrons. The van der Waals surface area contributed by atoms with Crippen LogP contribution < -0.4 is 10.7 Å². The highest BCUT2D eigenvalue weighted by molar-refractivity contribution is 8.13. The van der Waals surface area contributed by atoms with Crippen molar-refractivity contribution in [3.63, 3.8) is 0 Å². The summed E-state index contributed by atoms with van der Waals surface area (Å²) in [6.45, 7) is 4.21. The fourth-order valence-corrected chi connectivity index (χ4v) is 3.88. The molecule has 0 saturated heterocycles. The summed E-state index contributed by atoms with van der Waals surface area (Å²) < 4.78 is 13.2. The molecule has 0 spiro atoms. The summed E-state index contributed by atoms with van der Waals surface area (Å²) in [5.74, 6) is -1.34. The molecule has 3 rings (SSSR count). The number of carbonyl (C=O) groups is 1. The monoisotopic (exact) mass is 403 g/mol. The highest BCUT2D eigenvalue weighted by atomic mass is 32.2. The molecule has 0 aliphatic carbocycles. The lowest BCUT2D eigenvalue weighted by Gasteiger charge is -2.31. The van der Waals surface area contributed by atoms with Crippen molar-refractivity contribution < 1.29 is 14.3 Å². The van der Waals surface area contributed by atoms with Crippen molar-refractivity contribution >= 4 is 28.6 Å². The number of carboxylic acid groups (broad SMARTS) is 1. The fraction of sp³-hybridized carbons (Fsp3) is 0.316. The third-order valence-electron chi connectivity index (χ3n) is 4.50.